The molecule has 4 nitrogen and oxygen atoms in total. The van der Waals surface area contributed by atoms with E-state index in [1.165, 1.54) is 38.5 Å². The maximum Gasteiger partial charge on any atom is 0.133 e. The molecule has 4 saturated carbocycles. The molecule has 0 saturated heterocycles. The number of carbonyl (C=O) groups is 1. The predicted octanol–water partition coefficient (Wildman–Crippen LogP) is 6.75. The van der Waals surface area contributed by atoms with Crippen molar-refractivity contribution < 1.29 is 19.4 Å². The van der Waals surface area contributed by atoms with Crippen molar-refractivity contribution in [3.05, 3.63) is 23.8 Å². The number of rotatable bonds is 6. The van der Waals surface area contributed by atoms with Crippen LogP contribution in [0.25, 0.3) is 0 Å². The third-order valence-corrected chi connectivity index (χ3v) is 11.2. The van der Waals surface area contributed by atoms with Crippen LogP contribution in [-0.2, 0) is 4.79 Å². The topological polar surface area (TPSA) is 55.8 Å². The number of aliphatic hydroxyl groups excluding tert-OH is 1. The molecule has 1 aromatic rings. The summed E-state index contributed by atoms with van der Waals surface area (Å²) in [6.45, 7) is 5.11. The number of fused-ring (bicyclic) bond motifs is 5. The highest BCUT2D eigenvalue weighted by atomic mass is 16.5. The van der Waals surface area contributed by atoms with Gasteiger partial charge in [-0.2, -0.15) is 0 Å². The van der Waals surface area contributed by atoms with Gasteiger partial charge < -0.3 is 14.6 Å². The van der Waals surface area contributed by atoms with Crippen LogP contribution in [0, 0.1) is 40.4 Å². The summed E-state index contributed by atoms with van der Waals surface area (Å²) in [5.41, 5.74) is 1.68. The highest BCUT2D eigenvalue weighted by molar-refractivity contribution is 5.79. The molecule has 1 aromatic carbocycles. The van der Waals surface area contributed by atoms with Gasteiger partial charge in [0.15, 0.2) is 0 Å². The lowest BCUT2D eigenvalue weighted by atomic mass is 9.44. The molecule has 0 aliphatic heterocycles. The van der Waals surface area contributed by atoms with Crippen LogP contribution in [0.15, 0.2) is 18.2 Å². The zero-order chi connectivity index (χ0) is 24.1. The van der Waals surface area contributed by atoms with Crippen molar-refractivity contribution in [2.45, 2.75) is 90.6 Å². The number of hydrogen-bond donors (Lipinski definition) is 1. The molecular weight excluding hydrogens is 424 g/mol. The molecule has 0 aromatic heterocycles. The monoisotopic (exact) mass is 468 g/mol. The van der Waals surface area contributed by atoms with Crippen LogP contribution in [0.1, 0.15) is 96.1 Å². The lowest BCUT2D eigenvalue weighted by molar-refractivity contribution is -0.139. The van der Waals surface area contributed by atoms with E-state index in [2.05, 4.69) is 13.8 Å². The van der Waals surface area contributed by atoms with E-state index in [1.807, 2.05) is 18.2 Å². The summed E-state index contributed by atoms with van der Waals surface area (Å²) in [5.74, 6) is 5.76. The second-order valence-electron chi connectivity index (χ2n) is 12.5. The Hall–Kier alpha value is -1.55. The average Bonchev–Trinajstić information content (AvgIpc) is 3.18. The molecule has 0 spiro atoms. The van der Waals surface area contributed by atoms with Crippen molar-refractivity contribution in [1.29, 1.82) is 0 Å². The largest absolute Gasteiger partial charge is 0.497 e. The van der Waals surface area contributed by atoms with Gasteiger partial charge in [-0.15, -0.1) is 0 Å². The van der Waals surface area contributed by atoms with Gasteiger partial charge in [0, 0.05) is 18.9 Å². The van der Waals surface area contributed by atoms with Crippen LogP contribution >= 0.6 is 0 Å². The molecule has 0 amide bonds. The first-order valence-electron chi connectivity index (χ1n) is 13.7. The SMILES string of the molecule is COc1cc(OC)cc(C(O)CCC2CC[C@H]3[C@@H]4CCC5CC(=O)CC[C@]5(C)[C@@H]4CC[C@]23C)c1. The van der Waals surface area contributed by atoms with E-state index in [-0.39, 0.29) is 0 Å². The third kappa shape index (κ3) is 3.98. The van der Waals surface area contributed by atoms with Crippen molar-refractivity contribution >= 4 is 5.78 Å². The summed E-state index contributed by atoms with van der Waals surface area (Å²) in [4.78, 5) is 12.2. The van der Waals surface area contributed by atoms with E-state index in [0.717, 1.165) is 66.9 Å². The molecule has 8 atom stereocenters. The average molecular weight is 469 g/mol. The molecule has 188 valence electrons. The Kier molecular flexibility index (Phi) is 6.50. The molecule has 3 unspecified atom stereocenters. The van der Waals surface area contributed by atoms with Gasteiger partial charge in [-0.3, -0.25) is 4.79 Å². The molecule has 0 heterocycles. The van der Waals surface area contributed by atoms with E-state index < -0.39 is 6.10 Å². The van der Waals surface area contributed by atoms with Crippen LogP contribution < -0.4 is 9.47 Å². The van der Waals surface area contributed by atoms with E-state index >= 15 is 0 Å². The molecule has 4 aliphatic carbocycles. The third-order valence-electron chi connectivity index (χ3n) is 11.2. The summed E-state index contributed by atoms with van der Waals surface area (Å²) in [6, 6.07) is 5.73. The second-order valence-corrected chi connectivity index (χ2v) is 12.5. The Labute approximate surface area is 205 Å². The zero-order valence-electron chi connectivity index (χ0n) is 21.6. The fraction of sp³-hybridized carbons (Fsp3) is 0.767. The Morgan fingerprint density at radius 3 is 2.35 bits per heavy atom. The van der Waals surface area contributed by atoms with Gasteiger partial charge in [0.2, 0.25) is 0 Å². The normalized spacial score (nSPS) is 40.1. The van der Waals surface area contributed by atoms with Gasteiger partial charge in [-0.1, -0.05) is 13.8 Å². The second kappa shape index (κ2) is 9.15. The summed E-state index contributed by atoms with van der Waals surface area (Å²) >= 11 is 0. The van der Waals surface area contributed by atoms with Crippen LogP contribution in [-0.4, -0.2) is 25.1 Å². The fourth-order valence-corrected chi connectivity index (χ4v) is 9.18. The van der Waals surface area contributed by atoms with E-state index in [4.69, 9.17) is 9.47 Å². The molecule has 0 bridgehead atoms. The molecule has 0 radical (unpaired) electrons. The van der Waals surface area contributed by atoms with Crippen molar-refractivity contribution in [2.24, 2.45) is 40.4 Å². The van der Waals surface area contributed by atoms with Crippen LogP contribution in [0.5, 0.6) is 11.5 Å². The van der Waals surface area contributed by atoms with Crippen LogP contribution in [0.2, 0.25) is 0 Å². The zero-order valence-corrected chi connectivity index (χ0v) is 21.6. The Bertz CT molecular complexity index is 889. The number of carbonyl (C=O) groups excluding carboxylic acids is 1. The molecular formula is C30H44O4. The smallest absolute Gasteiger partial charge is 0.133 e. The van der Waals surface area contributed by atoms with Gasteiger partial charge >= 0.3 is 0 Å². The van der Waals surface area contributed by atoms with Gasteiger partial charge in [0.1, 0.15) is 17.3 Å². The summed E-state index contributed by atoms with van der Waals surface area (Å²) in [5, 5.41) is 11.0. The predicted molar refractivity (Wildman–Crippen MR) is 134 cm³/mol. The van der Waals surface area contributed by atoms with E-state index in [1.54, 1.807) is 14.2 Å². The highest BCUT2D eigenvalue weighted by Crippen LogP contribution is 2.67. The van der Waals surface area contributed by atoms with Crippen LogP contribution in [0.3, 0.4) is 0 Å². The van der Waals surface area contributed by atoms with Gasteiger partial charge in [0.25, 0.3) is 0 Å². The Morgan fingerprint density at radius 2 is 1.65 bits per heavy atom. The quantitative estimate of drug-likeness (QED) is 0.502. The molecule has 5 rings (SSSR count). The first kappa shape index (κ1) is 24.2. The lowest BCUT2D eigenvalue weighted by Gasteiger charge is -2.60. The molecule has 4 aliphatic rings. The fourth-order valence-electron chi connectivity index (χ4n) is 9.18. The standard InChI is InChI=1S/C30H44O4/c1-29-14-12-27-25(8-5-21-17-22(31)11-13-30(21,27)2)26(29)9-6-20(29)7-10-28(32)19-15-23(33-3)18-24(16-19)34-4/h15-16,18,20-21,25-28,32H,5-14,17H2,1-4H3/t20?,21?,25-,26-,27+,28?,29+,30-/m0/s1. The maximum absolute atomic E-state index is 12.2. The number of methoxy groups -OCH3 is 2. The highest BCUT2D eigenvalue weighted by Gasteiger charge is 2.59. The molecule has 4 fully saturated rings. The summed E-state index contributed by atoms with van der Waals surface area (Å²) < 4.78 is 10.8. The number of Topliss-reactive ketones (excluding diaryl/α,β-unsaturated/α-hetero) is 1. The lowest BCUT2D eigenvalue weighted by Crippen LogP contribution is -2.53. The molecule has 4 heteroatoms. The van der Waals surface area contributed by atoms with E-state index in [9.17, 15) is 9.90 Å². The minimum Gasteiger partial charge on any atom is -0.497 e. The minimum absolute atomic E-state index is 0.387. The first-order chi connectivity index (χ1) is 16.3. The van der Waals surface area contributed by atoms with Gasteiger partial charge in [-0.05, 0) is 116 Å². The molecule has 1 N–H and O–H groups in total. The number of aliphatic hydroxyl groups is 1. The minimum atomic E-state index is -0.489. The van der Waals surface area contributed by atoms with Crippen molar-refractivity contribution in [3.8, 4) is 11.5 Å². The van der Waals surface area contributed by atoms with Gasteiger partial charge in [0.05, 0.1) is 20.3 Å². The number of benzene rings is 1. The van der Waals surface area contributed by atoms with Crippen molar-refractivity contribution in [2.75, 3.05) is 14.2 Å². The van der Waals surface area contributed by atoms with Crippen LogP contribution in [0.4, 0.5) is 0 Å². The number of ether oxygens (including phenoxy) is 2. The number of hydrogen-bond acceptors (Lipinski definition) is 4. The van der Waals surface area contributed by atoms with E-state index in [0.29, 0.717) is 28.4 Å². The Balaban J connectivity index is 1.26. The van der Waals surface area contributed by atoms with Crippen molar-refractivity contribution in [1.82, 2.24) is 0 Å². The molecule has 34 heavy (non-hydrogen) atoms. The maximum atomic E-state index is 12.2. The summed E-state index contributed by atoms with van der Waals surface area (Å²) in [7, 11) is 3.31. The summed E-state index contributed by atoms with van der Waals surface area (Å²) in [6.07, 6.45) is 12.1. The van der Waals surface area contributed by atoms with Gasteiger partial charge in [-0.25, -0.2) is 0 Å². The first-order valence-corrected chi connectivity index (χ1v) is 13.7. The Morgan fingerprint density at radius 1 is 0.941 bits per heavy atom. The van der Waals surface area contributed by atoms with Crippen molar-refractivity contribution in [3.63, 3.8) is 0 Å². The number of ketones is 1.